The van der Waals surface area contributed by atoms with Gasteiger partial charge in [-0.1, -0.05) is 23.7 Å². The number of ether oxygens (including phenoxy) is 3. The van der Waals surface area contributed by atoms with Gasteiger partial charge in [-0.3, -0.25) is 10.1 Å². The van der Waals surface area contributed by atoms with Gasteiger partial charge in [0.2, 0.25) is 0 Å². The number of nitro benzene ring substituents is 1. The lowest BCUT2D eigenvalue weighted by Gasteiger charge is -2.10. The highest BCUT2D eigenvalue weighted by Gasteiger charge is 2.14. The lowest BCUT2D eigenvalue weighted by molar-refractivity contribution is -0.384. The Morgan fingerprint density at radius 3 is 2.25 bits per heavy atom. The maximum atomic E-state index is 12.3. The van der Waals surface area contributed by atoms with Crippen LogP contribution in [-0.4, -0.2) is 18.0 Å². The highest BCUT2D eigenvalue weighted by atomic mass is 35.5. The lowest BCUT2D eigenvalue weighted by Crippen LogP contribution is -2.09. The van der Waals surface area contributed by atoms with Crippen molar-refractivity contribution in [2.45, 2.75) is 0 Å². The van der Waals surface area contributed by atoms with E-state index in [1.54, 1.807) is 36.4 Å². The van der Waals surface area contributed by atoms with Crippen LogP contribution in [0.15, 0.2) is 66.7 Å². The molecular formula is C20H14ClNO6. The fraction of sp³-hybridized carbons (Fsp3) is 0.0500. The smallest absolute Gasteiger partial charge is 0.343 e. The summed E-state index contributed by atoms with van der Waals surface area (Å²) < 4.78 is 16.1. The van der Waals surface area contributed by atoms with E-state index in [1.807, 2.05) is 0 Å². The van der Waals surface area contributed by atoms with E-state index in [9.17, 15) is 14.9 Å². The molecule has 0 fully saturated rings. The van der Waals surface area contributed by atoms with Crippen LogP contribution in [0.1, 0.15) is 10.4 Å². The normalized spacial score (nSPS) is 10.2. The summed E-state index contributed by atoms with van der Waals surface area (Å²) in [6, 6.07) is 16.9. The minimum Gasteiger partial charge on any atom is -0.493 e. The average molecular weight is 400 g/mol. The van der Waals surface area contributed by atoms with Gasteiger partial charge in [-0.15, -0.1) is 0 Å². The van der Waals surface area contributed by atoms with E-state index in [4.69, 9.17) is 25.8 Å². The van der Waals surface area contributed by atoms with Crippen molar-refractivity contribution in [3.05, 3.63) is 87.4 Å². The first-order chi connectivity index (χ1) is 13.5. The maximum Gasteiger partial charge on any atom is 0.343 e. The van der Waals surface area contributed by atoms with Gasteiger partial charge in [-0.05, 0) is 42.5 Å². The van der Waals surface area contributed by atoms with Gasteiger partial charge < -0.3 is 14.2 Å². The summed E-state index contributed by atoms with van der Waals surface area (Å²) in [5.74, 6) is 0.877. The van der Waals surface area contributed by atoms with Crippen molar-refractivity contribution < 1.29 is 23.9 Å². The molecular weight excluding hydrogens is 386 g/mol. The van der Waals surface area contributed by atoms with Gasteiger partial charge in [0.15, 0.2) is 11.5 Å². The zero-order chi connectivity index (χ0) is 20.1. The van der Waals surface area contributed by atoms with Crippen molar-refractivity contribution in [1.29, 1.82) is 0 Å². The third-order valence-corrected chi connectivity index (χ3v) is 4.01. The van der Waals surface area contributed by atoms with Gasteiger partial charge in [0.25, 0.3) is 5.69 Å². The summed E-state index contributed by atoms with van der Waals surface area (Å²) in [5, 5.41) is 10.9. The number of nitrogens with zero attached hydrogens (tertiary/aromatic N) is 1. The molecule has 142 valence electrons. The molecule has 0 aliphatic carbocycles. The fourth-order valence-electron chi connectivity index (χ4n) is 2.33. The van der Waals surface area contributed by atoms with E-state index in [2.05, 4.69) is 0 Å². The first-order valence-electron chi connectivity index (χ1n) is 8.05. The van der Waals surface area contributed by atoms with Crippen LogP contribution in [0.4, 0.5) is 5.69 Å². The van der Waals surface area contributed by atoms with Gasteiger partial charge in [0.1, 0.15) is 11.5 Å². The minimum absolute atomic E-state index is 0.105. The van der Waals surface area contributed by atoms with Crippen LogP contribution in [0.3, 0.4) is 0 Å². The van der Waals surface area contributed by atoms with Crippen LogP contribution in [0.25, 0.3) is 0 Å². The molecule has 0 unspecified atom stereocenters. The molecule has 0 radical (unpaired) electrons. The van der Waals surface area contributed by atoms with E-state index in [1.165, 1.54) is 37.4 Å². The quantitative estimate of drug-likeness (QED) is 0.243. The molecule has 8 heteroatoms. The van der Waals surface area contributed by atoms with Crippen molar-refractivity contribution in [1.82, 2.24) is 0 Å². The molecule has 0 saturated heterocycles. The van der Waals surface area contributed by atoms with Gasteiger partial charge in [0.05, 0.1) is 22.6 Å². The number of hydrogen-bond donors (Lipinski definition) is 0. The number of hydrogen-bond acceptors (Lipinski definition) is 6. The van der Waals surface area contributed by atoms with Crippen LogP contribution >= 0.6 is 11.6 Å². The molecule has 3 aromatic carbocycles. The summed E-state index contributed by atoms with van der Waals surface area (Å²) in [7, 11) is 1.49. The number of halogens is 1. The predicted molar refractivity (Wildman–Crippen MR) is 103 cm³/mol. The summed E-state index contributed by atoms with van der Waals surface area (Å²) in [6.07, 6.45) is 0. The number of methoxy groups -OCH3 is 1. The van der Waals surface area contributed by atoms with Gasteiger partial charge in [0, 0.05) is 12.1 Å². The number of benzene rings is 3. The number of carbonyl (C=O) groups excluding carboxylic acids is 1. The Kier molecular flexibility index (Phi) is 5.76. The van der Waals surface area contributed by atoms with Crippen LogP contribution in [0.2, 0.25) is 5.02 Å². The van der Waals surface area contributed by atoms with Gasteiger partial charge in [-0.2, -0.15) is 0 Å². The van der Waals surface area contributed by atoms with Crippen molar-refractivity contribution >= 4 is 23.3 Å². The molecule has 0 aliphatic rings. The second kappa shape index (κ2) is 8.41. The van der Waals surface area contributed by atoms with E-state index < -0.39 is 10.9 Å². The first kappa shape index (κ1) is 19.2. The Labute approximate surface area is 165 Å². The van der Waals surface area contributed by atoms with Crippen LogP contribution in [0.5, 0.6) is 23.0 Å². The topological polar surface area (TPSA) is 87.9 Å². The van der Waals surface area contributed by atoms with Crippen LogP contribution in [-0.2, 0) is 0 Å². The highest BCUT2D eigenvalue weighted by molar-refractivity contribution is 6.32. The third kappa shape index (κ3) is 4.39. The highest BCUT2D eigenvalue weighted by Crippen LogP contribution is 2.32. The largest absolute Gasteiger partial charge is 0.493 e. The van der Waals surface area contributed by atoms with Gasteiger partial charge >= 0.3 is 5.97 Å². The zero-order valence-corrected chi connectivity index (χ0v) is 15.4. The Morgan fingerprint density at radius 2 is 1.64 bits per heavy atom. The molecule has 3 aromatic rings. The molecule has 0 atom stereocenters. The third-order valence-electron chi connectivity index (χ3n) is 3.72. The monoisotopic (exact) mass is 399 g/mol. The zero-order valence-electron chi connectivity index (χ0n) is 14.6. The van der Waals surface area contributed by atoms with E-state index >= 15 is 0 Å². The number of non-ortho nitro benzene ring substituents is 1. The minimum atomic E-state index is -0.551. The molecule has 0 bridgehead atoms. The molecule has 0 spiro atoms. The number of rotatable bonds is 6. The second-order valence-electron chi connectivity index (χ2n) is 5.54. The fourth-order valence-corrected chi connectivity index (χ4v) is 2.55. The van der Waals surface area contributed by atoms with Crippen molar-refractivity contribution in [3.8, 4) is 23.0 Å². The maximum absolute atomic E-state index is 12.3. The molecule has 0 N–H and O–H groups in total. The second-order valence-corrected chi connectivity index (χ2v) is 5.95. The Balaban J connectivity index is 1.71. The van der Waals surface area contributed by atoms with Crippen molar-refractivity contribution in [2.75, 3.05) is 7.11 Å². The number of esters is 1. The van der Waals surface area contributed by atoms with Crippen molar-refractivity contribution in [3.63, 3.8) is 0 Å². The number of nitro groups is 1. The Hall–Kier alpha value is -3.58. The average Bonchev–Trinajstić information content (AvgIpc) is 2.70. The molecule has 0 amide bonds. The van der Waals surface area contributed by atoms with Gasteiger partial charge in [-0.25, -0.2) is 4.79 Å². The summed E-state index contributed by atoms with van der Waals surface area (Å²) in [5.41, 5.74) is 0.180. The summed E-state index contributed by atoms with van der Waals surface area (Å²) >= 11 is 6.01. The Morgan fingerprint density at radius 1 is 0.964 bits per heavy atom. The SMILES string of the molecule is COc1ccccc1OC(=O)c1ccc(Oc2ccc([N+](=O)[O-])cc2Cl)cc1. The molecule has 7 nitrogen and oxygen atoms in total. The van der Waals surface area contributed by atoms with Crippen LogP contribution in [0, 0.1) is 10.1 Å². The van der Waals surface area contributed by atoms with E-state index in [0.29, 0.717) is 22.8 Å². The standard InChI is InChI=1S/C20H14ClNO6/c1-26-18-4-2-3-5-19(18)28-20(23)13-6-9-15(10-7-13)27-17-11-8-14(22(24)25)12-16(17)21/h2-12H,1H3. The number of carbonyl (C=O) groups is 1. The van der Waals surface area contributed by atoms with Crippen LogP contribution < -0.4 is 14.2 Å². The molecule has 0 saturated carbocycles. The van der Waals surface area contributed by atoms with E-state index in [0.717, 1.165) is 0 Å². The summed E-state index contributed by atoms with van der Waals surface area (Å²) in [4.78, 5) is 22.5. The Bertz CT molecular complexity index is 1020. The molecule has 0 heterocycles. The first-order valence-corrected chi connectivity index (χ1v) is 8.43. The number of para-hydroxylation sites is 2. The summed E-state index contributed by atoms with van der Waals surface area (Å²) in [6.45, 7) is 0. The predicted octanol–water partition coefficient (Wildman–Crippen LogP) is 5.27. The molecule has 3 rings (SSSR count). The van der Waals surface area contributed by atoms with Crippen molar-refractivity contribution in [2.24, 2.45) is 0 Å². The molecule has 28 heavy (non-hydrogen) atoms. The lowest BCUT2D eigenvalue weighted by atomic mass is 10.2. The molecule has 0 aromatic heterocycles. The van der Waals surface area contributed by atoms with E-state index in [-0.39, 0.29) is 16.5 Å². The molecule has 0 aliphatic heterocycles.